The van der Waals surface area contributed by atoms with Crippen molar-refractivity contribution < 1.29 is 13.2 Å². The lowest BCUT2D eigenvalue weighted by Gasteiger charge is -2.16. The SMILES string of the molecule is CN(c1ccc(OCCCN)cc1)S(C)(=O)=O. The highest BCUT2D eigenvalue weighted by Gasteiger charge is 2.11. The molecule has 0 aliphatic carbocycles. The van der Waals surface area contributed by atoms with Crippen LogP contribution in [0, 0.1) is 0 Å². The number of ether oxygens (including phenoxy) is 1. The Morgan fingerprint density at radius 3 is 2.35 bits per heavy atom. The summed E-state index contributed by atoms with van der Waals surface area (Å²) < 4.78 is 29.3. The van der Waals surface area contributed by atoms with Gasteiger partial charge in [0, 0.05) is 7.05 Å². The third kappa shape index (κ3) is 4.24. The molecule has 1 aromatic rings. The molecular weight excluding hydrogens is 240 g/mol. The van der Waals surface area contributed by atoms with Crippen LogP contribution >= 0.6 is 0 Å². The van der Waals surface area contributed by atoms with Gasteiger partial charge < -0.3 is 10.5 Å². The fourth-order valence-electron chi connectivity index (χ4n) is 1.22. The van der Waals surface area contributed by atoms with Crippen LogP contribution in [-0.4, -0.2) is 34.9 Å². The molecule has 0 unspecified atom stereocenters. The Bertz CT molecular complexity index is 442. The van der Waals surface area contributed by atoms with E-state index < -0.39 is 10.0 Å². The third-order valence-corrected chi connectivity index (χ3v) is 3.52. The number of hydrogen-bond acceptors (Lipinski definition) is 4. The summed E-state index contributed by atoms with van der Waals surface area (Å²) >= 11 is 0. The van der Waals surface area contributed by atoms with E-state index in [1.807, 2.05) is 0 Å². The standard InChI is InChI=1S/C11H18N2O3S/c1-13(17(2,14)15)10-4-6-11(7-5-10)16-9-3-8-12/h4-7H,3,8-9,12H2,1-2H3. The van der Waals surface area contributed by atoms with E-state index in [1.165, 1.54) is 17.6 Å². The van der Waals surface area contributed by atoms with Gasteiger partial charge in [-0.15, -0.1) is 0 Å². The molecule has 6 heteroatoms. The van der Waals surface area contributed by atoms with Gasteiger partial charge in [0.05, 0.1) is 18.6 Å². The minimum Gasteiger partial charge on any atom is -0.494 e. The van der Waals surface area contributed by atoms with Crippen LogP contribution < -0.4 is 14.8 Å². The molecule has 96 valence electrons. The summed E-state index contributed by atoms with van der Waals surface area (Å²) in [6, 6.07) is 6.90. The Morgan fingerprint density at radius 2 is 1.88 bits per heavy atom. The van der Waals surface area contributed by atoms with E-state index in [4.69, 9.17) is 10.5 Å². The summed E-state index contributed by atoms with van der Waals surface area (Å²) in [5.74, 6) is 0.712. The van der Waals surface area contributed by atoms with Crippen molar-refractivity contribution in [1.29, 1.82) is 0 Å². The molecule has 0 aliphatic rings. The molecule has 0 amide bonds. The molecule has 17 heavy (non-hydrogen) atoms. The van der Waals surface area contributed by atoms with E-state index in [-0.39, 0.29) is 0 Å². The van der Waals surface area contributed by atoms with Crippen LogP contribution in [0.2, 0.25) is 0 Å². The quantitative estimate of drug-likeness (QED) is 0.766. The van der Waals surface area contributed by atoms with Crippen molar-refractivity contribution in [3.05, 3.63) is 24.3 Å². The maximum absolute atomic E-state index is 11.3. The van der Waals surface area contributed by atoms with Gasteiger partial charge in [0.25, 0.3) is 0 Å². The summed E-state index contributed by atoms with van der Waals surface area (Å²) in [7, 11) is -1.70. The lowest BCUT2D eigenvalue weighted by molar-refractivity contribution is 0.313. The lowest BCUT2D eigenvalue weighted by atomic mass is 10.3. The van der Waals surface area contributed by atoms with E-state index in [1.54, 1.807) is 24.3 Å². The fourth-order valence-corrected chi connectivity index (χ4v) is 1.72. The molecule has 0 saturated carbocycles. The van der Waals surface area contributed by atoms with Crippen LogP contribution in [0.15, 0.2) is 24.3 Å². The molecule has 0 spiro atoms. The highest BCUT2D eigenvalue weighted by Crippen LogP contribution is 2.20. The van der Waals surface area contributed by atoms with Gasteiger partial charge in [0.2, 0.25) is 10.0 Å². The van der Waals surface area contributed by atoms with Crippen molar-refractivity contribution in [1.82, 2.24) is 0 Å². The smallest absolute Gasteiger partial charge is 0.231 e. The average Bonchev–Trinajstić information content (AvgIpc) is 2.28. The molecule has 0 heterocycles. The molecule has 0 atom stereocenters. The maximum Gasteiger partial charge on any atom is 0.231 e. The van der Waals surface area contributed by atoms with Crippen molar-refractivity contribution in [3.63, 3.8) is 0 Å². The summed E-state index contributed by atoms with van der Waals surface area (Å²) in [6.07, 6.45) is 1.96. The number of nitrogens with two attached hydrogens (primary N) is 1. The van der Waals surface area contributed by atoms with Gasteiger partial charge in [0.1, 0.15) is 5.75 Å². The van der Waals surface area contributed by atoms with Crippen molar-refractivity contribution in [2.75, 3.05) is 30.8 Å². The predicted molar refractivity (Wildman–Crippen MR) is 68.9 cm³/mol. The van der Waals surface area contributed by atoms with E-state index in [9.17, 15) is 8.42 Å². The first-order chi connectivity index (χ1) is 7.95. The van der Waals surface area contributed by atoms with Crippen molar-refractivity contribution in [2.45, 2.75) is 6.42 Å². The number of anilines is 1. The second kappa shape index (κ2) is 5.88. The van der Waals surface area contributed by atoms with Crippen LogP contribution in [0.1, 0.15) is 6.42 Å². The highest BCUT2D eigenvalue weighted by molar-refractivity contribution is 7.92. The van der Waals surface area contributed by atoms with Gasteiger partial charge in [-0.05, 0) is 37.2 Å². The van der Waals surface area contributed by atoms with Gasteiger partial charge >= 0.3 is 0 Å². The fraction of sp³-hybridized carbons (Fsp3) is 0.455. The Labute approximate surface area is 102 Å². The van der Waals surface area contributed by atoms with Gasteiger partial charge in [-0.3, -0.25) is 4.31 Å². The van der Waals surface area contributed by atoms with Crippen molar-refractivity contribution in [2.24, 2.45) is 5.73 Å². The molecular formula is C11H18N2O3S. The average molecular weight is 258 g/mol. The van der Waals surface area contributed by atoms with Gasteiger partial charge in [-0.1, -0.05) is 0 Å². The Hall–Kier alpha value is -1.27. The van der Waals surface area contributed by atoms with Crippen LogP contribution in [0.25, 0.3) is 0 Å². The molecule has 0 fully saturated rings. The van der Waals surface area contributed by atoms with Gasteiger partial charge in [-0.25, -0.2) is 8.42 Å². The second-order valence-electron chi connectivity index (χ2n) is 3.72. The van der Waals surface area contributed by atoms with Crippen molar-refractivity contribution >= 4 is 15.7 Å². The van der Waals surface area contributed by atoms with Crippen LogP contribution in [0.5, 0.6) is 5.75 Å². The van der Waals surface area contributed by atoms with E-state index in [0.717, 1.165) is 6.42 Å². The topological polar surface area (TPSA) is 72.6 Å². The molecule has 0 bridgehead atoms. The largest absolute Gasteiger partial charge is 0.494 e. The first kappa shape index (κ1) is 13.8. The molecule has 0 aliphatic heterocycles. The highest BCUT2D eigenvalue weighted by atomic mass is 32.2. The summed E-state index contributed by atoms with van der Waals surface area (Å²) in [4.78, 5) is 0. The van der Waals surface area contributed by atoms with Gasteiger partial charge in [0.15, 0.2) is 0 Å². The minimum absolute atomic E-state index is 0.567. The zero-order valence-corrected chi connectivity index (χ0v) is 10.9. The summed E-state index contributed by atoms with van der Waals surface area (Å²) in [5, 5.41) is 0. The normalized spacial score (nSPS) is 11.2. The first-order valence-electron chi connectivity index (χ1n) is 5.32. The van der Waals surface area contributed by atoms with E-state index >= 15 is 0 Å². The van der Waals surface area contributed by atoms with Crippen LogP contribution in [0.3, 0.4) is 0 Å². The number of nitrogens with zero attached hydrogens (tertiary/aromatic N) is 1. The maximum atomic E-state index is 11.3. The zero-order chi connectivity index (χ0) is 12.9. The van der Waals surface area contributed by atoms with E-state index in [0.29, 0.717) is 24.6 Å². The molecule has 0 aromatic heterocycles. The zero-order valence-electron chi connectivity index (χ0n) is 10.1. The molecule has 5 nitrogen and oxygen atoms in total. The van der Waals surface area contributed by atoms with Gasteiger partial charge in [-0.2, -0.15) is 0 Å². The summed E-state index contributed by atoms with van der Waals surface area (Å²) in [6.45, 7) is 1.16. The lowest BCUT2D eigenvalue weighted by Crippen LogP contribution is -2.24. The first-order valence-corrected chi connectivity index (χ1v) is 7.17. The molecule has 2 N–H and O–H groups in total. The Balaban J connectivity index is 2.68. The minimum atomic E-state index is -3.21. The molecule has 1 aromatic carbocycles. The molecule has 1 rings (SSSR count). The predicted octanol–water partition coefficient (Wildman–Crippen LogP) is 0.810. The number of benzene rings is 1. The third-order valence-electron chi connectivity index (χ3n) is 2.31. The Morgan fingerprint density at radius 1 is 1.29 bits per heavy atom. The Kier molecular flexibility index (Phi) is 4.77. The molecule has 0 saturated heterocycles. The van der Waals surface area contributed by atoms with Crippen LogP contribution in [0.4, 0.5) is 5.69 Å². The summed E-state index contributed by atoms with van der Waals surface area (Å²) in [5.41, 5.74) is 5.96. The number of hydrogen-bond donors (Lipinski definition) is 1. The monoisotopic (exact) mass is 258 g/mol. The molecule has 0 radical (unpaired) electrons. The second-order valence-corrected chi connectivity index (χ2v) is 5.73. The number of sulfonamides is 1. The van der Waals surface area contributed by atoms with Crippen LogP contribution in [-0.2, 0) is 10.0 Å². The van der Waals surface area contributed by atoms with Crippen molar-refractivity contribution in [3.8, 4) is 5.75 Å². The van der Waals surface area contributed by atoms with E-state index in [2.05, 4.69) is 0 Å². The number of rotatable bonds is 6.